The van der Waals surface area contributed by atoms with Gasteiger partial charge in [-0.15, -0.1) is 0 Å². The molecule has 15 heteroatoms. The number of ether oxygens (including phenoxy) is 2. The van der Waals surface area contributed by atoms with Gasteiger partial charge in [0.15, 0.2) is 5.90 Å². The Bertz CT molecular complexity index is 922. The van der Waals surface area contributed by atoms with Crippen LogP contribution in [0.25, 0.3) is 0 Å². The fourth-order valence-corrected chi connectivity index (χ4v) is 2.01. The highest BCUT2D eigenvalue weighted by atomic mass is 16.6. The number of hydrazine groups is 3. The Kier molecular flexibility index (Phi) is 14.3. The summed E-state index contributed by atoms with van der Waals surface area (Å²) in [6.45, 7) is 3.06. The van der Waals surface area contributed by atoms with Crippen molar-refractivity contribution in [1.82, 2.24) is 9.97 Å². The van der Waals surface area contributed by atoms with Crippen molar-refractivity contribution in [3.8, 4) is 0 Å². The predicted molar refractivity (Wildman–Crippen MR) is 122 cm³/mol. The summed E-state index contributed by atoms with van der Waals surface area (Å²) in [7, 11) is 0. The molecule has 2 rings (SSSR count). The van der Waals surface area contributed by atoms with Crippen molar-refractivity contribution in [3.63, 3.8) is 0 Å². The summed E-state index contributed by atoms with van der Waals surface area (Å²) in [5, 5.41) is 7.66. The second kappa shape index (κ2) is 16.3. The number of anilines is 2. The minimum Gasteiger partial charge on any atom is -0.408 e. The van der Waals surface area contributed by atoms with E-state index < -0.39 is 23.8 Å². The molecule has 0 fully saturated rings. The normalized spacial score (nSPS) is 9.12. The van der Waals surface area contributed by atoms with Crippen LogP contribution < -0.4 is 34.2 Å². The van der Waals surface area contributed by atoms with Crippen molar-refractivity contribution >= 4 is 41.0 Å². The summed E-state index contributed by atoms with van der Waals surface area (Å²) in [5.74, 6) is 15.5. The van der Waals surface area contributed by atoms with Crippen molar-refractivity contribution < 1.29 is 28.7 Å². The number of nitrogen functional groups attached to an aromatic ring is 2. The fraction of sp³-hybridized carbons (Fsp3) is 0.211. The lowest BCUT2D eigenvalue weighted by Gasteiger charge is -2.09. The van der Waals surface area contributed by atoms with E-state index in [2.05, 4.69) is 37.2 Å². The van der Waals surface area contributed by atoms with Crippen LogP contribution in [0.2, 0.25) is 0 Å². The van der Waals surface area contributed by atoms with Crippen LogP contribution in [0.3, 0.4) is 0 Å². The van der Waals surface area contributed by atoms with E-state index in [4.69, 9.17) is 21.8 Å². The molecule has 184 valence electrons. The standard InChI is InChI=1S/C16H17N7O5.C3H6O.H4N2/c17-13(27-15(25)9-7-20-5-3-11(9)22-18)1-2-14(24)28-16(26)10-8-21-6-4-12(10)23-19;1-3(2)4;1-2/h3-8,17H,1-2,18-19H2,(H,20,22)(H,21,23);1-2H3;1-2H2. The number of ketones is 1. The number of esters is 3. The first-order valence-corrected chi connectivity index (χ1v) is 9.35. The van der Waals surface area contributed by atoms with E-state index in [1.54, 1.807) is 0 Å². The molecular formula is C19H27N9O6. The minimum absolute atomic E-state index is 0.0193. The van der Waals surface area contributed by atoms with E-state index >= 15 is 0 Å². The molecule has 0 aliphatic carbocycles. The first-order chi connectivity index (χ1) is 16.2. The van der Waals surface area contributed by atoms with Crippen molar-refractivity contribution in [1.29, 1.82) is 5.41 Å². The summed E-state index contributed by atoms with van der Waals surface area (Å²) in [6.07, 6.45) is 4.59. The van der Waals surface area contributed by atoms with Crippen LogP contribution in [-0.2, 0) is 19.1 Å². The highest BCUT2D eigenvalue weighted by Crippen LogP contribution is 2.15. The number of hydrogen-bond donors (Lipinski definition) is 7. The zero-order valence-corrected chi connectivity index (χ0v) is 18.5. The molecule has 34 heavy (non-hydrogen) atoms. The lowest BCUT2D eigenvalue weighted by atomic mass is 10.2. The van der Waals surface area contributed by atoms with Gasteiger partial charge in [0.25, 0.3) is 0 Å². The van der Waals surface area contributed by atoms with Gasteiger partial charge in [-0.3, -0.25) is 43.5 Å². The first-order valence-electron chi connectivity index (χ1n) is 9.35. The molecule has 2 heterocycles. The largest absolute Gasteiger partial charge is 0.408 e. The Morgan fingerprint density at radius 3 is 1.68 bits per heavy atom. The van der Waals surface area contributed by atoms with Crippen LogP contribution in [0.1, 0.15) is 47.4 Å². The van der Waals surface area contributed by atoms with Crippen LogP contribution in [-0.4, -0.2) is 39.6 Å². The number of aromatic nitrogens is 2. The van der Waals surface area contributed by atoms with E-state index in [0.29, 0.717) is 0 Å². The second-order valence-corrected chi connectivity index (χ2v) is 6.11. The van der Waals surface area contributed by atoms with Gasteiger partial charge in [-0.05, 0) is 26.0 Å². The topological polar surface area (TPSA) is 265 Å². The molecule has 2 aromatic heterocycles. The average molecular weight is 477 g/mol. The van der Waals surface area contributed by atoms with E-state index in [0.717, 1.165) is 0 Å². The van der Waals surface area contributed by atoms with Gasteiger partial charge in [0, 0.05) is 31.2 Å². The monoisotopic (exact) mass is 477 g/mol. The van der Waals surface area contributed by atoms with Crippen LogP contribution >= 0.6 is 0 Å². The smallest absolute Gasteiger partial charge is 0.349 e. The SMILES string of the molecule is CC(C)=O.N=C(CCC(=O)OC(=O)c1cnccc1NN)OC(=O)c1cnccc1NN.NN. The minimum atomic E-state index is -0.955. The van der Waals surface area contributed by atoms with E-state index in [1.165, 1.54) is 50.8 Å². The zero-order valence-electron chi connectivity index (χ0n) is 18.5. The third-order valence-electron chi connectivity index (χ3n) is 3.37. The van der Waals surface area contributed by atoms with Crippen molar-refractivity contribution in [2.45, 2.75) is 26.7 Å². The van der Waals surface area contributed by atoms with Crippen molar-refractivity contribution in [3.05, 3.63) is 48.0 Å². The van der Waals surface area contributed by atoms with Gasteiger partial charge in [0.05, 0.1) is 17.8 Å². The van der Waals surface area contributed by atoms with Crippen molar-refractivity contribution in [2.75, 3.05) is 10.9 Å². The van der Waals surface area contributed by atoms with Crippen LogP contribution in [0, 0.1) is 5.41 Å². The van der Waals surface area contributed by atoms with E-state index in [1.807, 2.05) is 0 Å². The lowest BCUT2D eigenvalue weighted by Crippen LogP contribution is -2.19. The highest BCUT2D eigenvalue weighted by Gasteiger charge is 2.19. The van der Waals surface area contributed by atoms with Gasteiger partial charge in [0.1, 0.15) is 16.9 Å². The Hall–Kier alpha value is -4.31. The third kappa shape index (κ3) is 10.8. The number of rotatable bonds is 7. The third-order valence-corrected chi connectivity index (χ3v) is 3.37. The molecule has 0 aliphatic heterocycles. The molecule has 0 aliphatic rings. The second-order valence-electron chi connectivity index (χ2n) is 6.11. The first kappa shape index (κ1) is 29.7. The Morgan fingerprint density at radius 2 is 1.26 bits per heavy atom. The number of pyridine rings is 2. The number of carbonyl (C=O) groups is 4. The molecule has 0 unspecified atom stereocenters. The molecule has 0 radical (unpaired) electrons. The van der Waals surface area contributed by atoms with Crippen LogP contribution in [0.5, 0.6) is 0 Å². The highest BCUT2D eigenvalue weighted by molar-refractivity contribution is 6.03. The number of nitrogens with one attached hydrogen (secondary N) is 3. The Morgan fingerprint density at radius 1 is 0.853 bits per heavy atom. The summed E-state index contributed by atoms with van der Waals surface area (Å²) in [5.41, 5.74) is 5.07. The van der Waals surface area contributed by atoms with Gasteiger partial charge in [-0.2, -0.15) is 0 Å². The molecule has 0 amide bonds. The number of carbonyl (C=O) groups excluding carboxylic acids is 4. The molecule has 0 spiro atoms. The predicted octanol–water partition coefficient (Wildman–Crippen LogP) is -0.240. The summed E-state index contributed by atoms with van der Waals surface area (Å²) < 4.78 is 9.50. The van der Waals surface area contributed by atoms with Crippen molar-refractivity contribution in [2.24, 2.45) is 23.4 Å². The van der Waals surface area contributed by atoms with Gasteiger partial charge in [-0.25, -0.2) is 9.59 Å². The quantitative estimate of drug-likeness (QED) is 0.0677. The van der Waals surface area contributed by atoms with Gasteiger partial charge < -0.3 is 25.1 Å². The molecule has 0 saturated carbocycles. The Labute approximate surface area is 194 Å². The molecule has 11 N–H and O–H groups in total. The molecular weight excluding hydrogens is 450 g/mol. The van der Waals surface area contributed by atoms with Crippen LogP contribution in [0.4, 0.5) is 11.4 Å². The molecule has 0 bridgehead atoms. The lowest BCUT2D eigenvalue weighted by molar-refractivity contribution is -0.137. The number of hydrogen-bond acceptors (Lipinski definition) is 15. The summed E-state index contributed by atoms with van der Waals surface area (Å²) in [4.78, 5) is 52.8. The van der Waals surface area contributed by atoms with E-state index in [-0.39, 0.29) is 41.1 Å². The summed E-state index contributed by atoms with van der Waals surface area (Å²) >= 11 is 0. The number of nitrogens with zero attached hydrogens (tertiary/aromatic N) is 2. The Balaban J connectivity index is 0.00000164. The van der Waals surface area contributed by atoms with Crippen LogP contribution in [0.15, 0.2) is 36.9 Å². The van der Waals surface area contributed by atoms with Gasteiger partial charge >= 0.3 is 17.9 Å². The molecule has 0 atom stereocenters. The van der Waals surface area contributed by atoms with Gasteiger partial charge in [-0.1, -0.05) is 0 Å². The fourth-order valence-electron chi connectivity index (χ4n) is 2.01. The zero-order chi connectivity index (χ0) is 26.1. The number of nitrogens with two attached hydrogens (primary N) is 4. The molecule has 0 aromatic carbocycles. The molecule has 15 nitrogen and oxygen atoms in total. The maximum Gasteiger partial charge on any atom is 0.349 e. The maximum atomic E-state index is 12.0. The molecule has 2 aromatic rings. The maximum absolute atomic E-state index is 12.0. The van der Waals surface area contributed by atoms with Gasteiger partial charge in [0.2, 0.25) is 0 Å². The van der Waals surface area contributed by atoms with E-state index in [9.17, 15) is 19.2 Å². The average Bonchev–Trinajstić information content (AvgIpc) is 2.83. The summed E-state index contributed by atoms with van der Waals surface area (Å²) in [6, 6.07) is 2.88. The number of Topliss-reactive ketones (excluding diaryl/α,β-unsaturated/α-hetero) is 1. The molecule has 0 saturated heterocycles.